The molecule has 0 saturated heterocycles. The second kappa shape index (κ2) is 6.53. The molecule has 0 atom stereocenters. The van der Waals surface area contributed by atoms with Gasteiger partial charge in [-0.3, -0.25) is 0 Å². The molecular weight excluding hydrogens is 317 g/mol. The molecule has 0 bridgehead atoms. The topological polar surface area (TPSA) is 66.4 Å². The average Bonchev–Trinajstić information content (AvgIpc) is 2.49. The molecule has 0 unspecified atom stereocenters. The zero-order valence-corrected chi connectivity index (χ0v) is 12.5. The Hall–Kier alpha value is -1.47. The zero-order chi connectivity index (χ0) is 15.5. The Labute approximate surface area is 127 Å². The summed E-state index contributed by atoms with van der Waals surface area (Å²) >= 11 is 5.64. The normalized spacial score (nSPS) is 11.6. The Morgan fingerprint density at radius 1 is 1.19 bits per heavy atom. The van der Waals surface area contributed by atoms with Crippen molar-refractivity contribution in [1.29, 1.82) is 0 Å². The SMILES string of the molecule is O=S(=O)(NCc1ccccc1)c1cc(F)c(Cl)c(CO)c1. The molecule has 7 heteroatoms. The van der Waals surface area contributed by atoms with Crippen LogP contribution in [0.3, 0.4) is 0 Å². The maximum atomic E-state index is 13.6. The Balaban J connectivity index is 2.25. The van der Waals surface area contributed by atoms with Crippen molar-refractivity contribution in [3.63, 3.8) is 0 Å². The summed E-state index contributed by atoms with van der Waals surface area (Å²) in [7, 11) is -3.89. The number of hydrogen-bond donors (Lipinski definition) is 2. The Kier molecular flexibility index (Phi) is 4.95. The van der Waals surface area contributed by atoms with Crippen molar-refractivity contribution in [2.75, 3.05) is 0 Å². The fourth-order valence-corrected chi connectivity index (χ4v) is 2.99. The molecule has 0 aliphatic rings. The number of halogens is 2. The van der Waals surface area contributed by atoms with Crippen molar-refractivity contribution in [3.05, 3.63) is 64.4 Å². The van der Waals surface area contributed by atoms with Gasteiger partial charge in [-0.2, -0.15) is 0 Å². The molecule has 4 nitrogen and oxygen atoms in total. The predicted octanol–water partition coefficient (Wildman–Crippen LogP) is 2.45. The van der Waals surface area contributed by atoms with Crippen molar-refractivity contribution in [2.24, 2.45) is 0 Å². The largest absolute Gasteiger partial charge is 0.392 e. The summed E-state index contributed by atoms with van der Waals surface area (Å²) in [6.45, 7) is -0.459. The highest BCUT2D eigenvalue weighted by Gasteiger charge is 2.18. The van der Waals surface area contributed by atoms with Gasteiger partial charge in [0.1, 0.15) is 5.82 Å². The molecule has 0 heterocycles. The smallest absolute Gasteiger partial charge is 0.240 e. The minimum absolute atomic E-state index is 0.0248. The van der Waals surface area contributed by atoms with Crippen molar-refractivity contribution in [2.45, 2.75) is 18.0 Å². The van der Waals surface area contributed by atoms with E-state index in [1.807, 2.05) is 6.07 Å². The summed E-state index contributed by atoms with van der Waals surface area (Å²) in [5.74, 6) is -0.886. The number of hydrogen-bond acceptors (Lipinski definition) is 3. The van der Waals surface area contributed by atoms with Gasteiger partial charge >= 0.3 is 0 Å². The minimum atomic E-state index is -3.89. The summed E-state index contributed by atoms with van der Waals surface area (Å²) < 4.78 is 40.2. The first kappa shape index (κ1) is 15.9. The van der Waals surface area contributed by atoms with Gasteiger partial charge in [0.15, 0.2) is 0 Å². The molecule has 0 aromatic heterocycles. The molecule has 0 aliphatic carbocycles. The number of rotatable bonds is 5. The summed E-state index contributed by atoms with van der Waals surface area (Å²) in [6, 6.07) is 10.9. The van der Waals surface area contributed by atoms with Crippen LogP contribution in [0.15, 0.2) is 47.4 Å². The second-order valence-electron chi connectivity index (χ2n) is 4.35. The Bertz CT molecular complexity index is 735. The Morgan fingerprint density at radius 2 is 1.86 bits per heavy atom. The summed E-state index contributed by atoms with van der Waals surface area (Å²) in [6.07, 6.45) is 0. The van der Waals surface area contributed by atoms with Crippen LogP contribution < -0.4 is 4.72 Å². The lowest BCUT2D eigenvalue weighted by molar-refractivity contribution is 0.281. The van der Waals surface area contributed by atoms with E-state index < -0.39 is 22.4 Å². The number of nitrogens with one attached hydrogen (secondary N) is 1. The highest BCUT2D eigenvalue weighted by atomic mass is 35.5. The van der Waals surface area contributed by atoms with E-state index in [1.54, 1.807) is 24.3 Å². The van der Waals surface area contributed by atoms with Crippen LogP contribution in [0.25, 0.3) is 0 Å². The van der Waals surface area contributed by atoms with Crippen LogP contribution in [0.4, 0.5) is 4.39 Å². The van der Waals surface area contributed by atoms with Gasteiger partial charge in [-0.25, -0.2) is 17.5 Å². The molecule has 2 aromatic rings. The van der Waals surface area contributed by atoms with Crippen molar-refractivity contribution < 1.29 is 17.9 Å². The molecule has 0 amide bonds. The van der Waals surface area contributed by atoms with Crippen LogP contribution in [0.5, 0.6) is 0 Å². The molecule has 0 aliphatic heterocycles. The van der Waals surface area contributed by atoms with Gasteiger partial charge in [-0.15, -0.1) is 0 Å². The first-order valence-corrected chi connectivity index (χ1v) is 7.92. The van der Waals surface area contributed by atoms with E-state index in [1.165, 1.54) is 0 Å². The Morgan fingerprint density at radius 3 is 2.48 bits per heavy atom. The molecule has 21 heavy (non-hydrogen) atoms. The molecule has 0 radical (unpaired) electrons. The van der Waals surface area contributed by atoms with Crippen LogP contribution in [0.2, 0.25) is 5.02 Å². The van der Waals surface area contributed by atoms with Gasteiger partial charge in [0.25, 0.3) is 0 Å². The van der Waals surface area contributed by atoms with Crippen molar-refractivity contribution in [3.8, 4) is 0 Å². The van der Waals surface area contributed by atoms with Crippen LogP contribution >= 0.6 is 11.6 Å². The molecule has 2 N–H and O–H groups in total. The lowest BCUT2D eigenvalue weighted by Crippen LogP contribution is -2.23. The van der Waals surface area contributed by atoms with E-state index in [0.717, 1.165) is 17.7 Å². The zero-order valence-electron chi connectivity index (χ0n) is 10.9. The number of sulfonamides is 1. The van der Waals surface area contributed by atoms with Crippen LogP contribution in [0.1, 0.15) is 11.1 Å². The highest BCUT2D eigenvalue weighted by molar-refractivity contribution is 7.89. The third-order valence-electron chi connectivity index (χ3n) is 2.87. The van der Waals surface area contributed by atoms with E-state index >= 15 is 0 Å². The van der Waals surface area contributed by atoms with Gasteiger partial charge < -0.3 is 5.11 Å². The molecule has 2 aromatic carbocycles. The van der Waals surface area contributed by atoms with Gasteiger partial charge in [-0.05, 0) is 17.7 Å². The van der Waals surface area contributed by atoms with Crippen molar-refractivity contribution >= 4 is 21.6 Å². The average molecular weight is 330 g/mol. The van der Waals surface area contributed by atoms with E-state index in [0.29, 0.717) is 0 Å². The van der Waals surface area contributed by atoms with Gasteiger partial charge in [0.05, 0.1) is 16.5 Å². The fourth-order valence-electron chi connectivity index (χ4n) is 1.75. The highest BCUT2D eigenvalue weighted by Crippen LogP contribution is 2.24. The summed E-state index contributed by atoms with van der Waals surface area (Å²) in [5, 5.41) is 8.80. The molecular formula is C14H13ClFNO3S. The fraction of sp³-hybridized carbons (Fsp3) is 0.143. The van der Waals surface area contributed by atoms with Gasteiger partial charge in [-0.1, -0.05) is 41.9 Å². The maximum absolute atomic E-state index is 13.6. The predicted molar refractivity (Wildman–Crippen MR) is 77.8 cm³/mol. The third-order valence-corrected chi connectivity index (χ3v) is 4.67. The second-order valence-corrected chi connectivity index (χ2v) is 6.49. The molecule has 112 valence electrons. The van der Waals surface area contributed by atoms with Gasteiger partial charge in [0.2, 0.25) is 10.0 Å². The third kappa shape index (κ3) is 3.79. The summed E-state index contributed by atoms with van der Waals surface area (Å²) in [5.41, 5.74) is 0.801. The summed E-state index contributed by atoms with van der Waals surface area (Å²) in [4.78, 5) is -0.274. The maximum Gasteiger partial charge on any atom is 0.240 e. The minimum Gasteiger partial charge on any atom is -0.392 e. The van der Waals surface area contributed by atoms with Crippen molar-refractivity contribution in [1.82, 2.24) is 4.72 Å². The van der Waals surface area contributed by atoms with Gasteiger partial charge in [0, 0.05) is 12.1 Å². The quantitative estimate of drug-likeness (QED) is 0.885. The number of aliphatic hydroxyl groups is 1. The monoisotopic (exact) mass is 329 g/mol. The van der Waals surface area contributed by atoms with E-state index in [4.69, 9.17) is 16.7 Å². The molecule has 0 spiro atoms. The lowest BCUT2D eigenvalue weighted by Gasteiger charge is -2.09. The first-order chi connectivity index (χ1) is 9.94. The van der Waals surface area contributed by atoms with E-state index in [-0.39, 0.29) is 22.0 Å². The van der Waals surface area contributed by atoms with Crippen LogP contribution in [-0.2, 0) is 23.2 Å². The molecule has 2 rings (SSSR count). The standard InChI is InChI=1S/C14H13ClFNO3S/c15-14-11(9-18)6-12(7-13(14)16)21(19,20)17-8-10-4-2-1-3-5-10/h1-7,17-18H,8-9H2. The van der Waals surface area contributed by atoms with E-state index in [9.17, 15) is 12.8 Å². The first-order valence-electron chi connectivity index (χ1n) is 6.06. The van der Waals surface area contributed by atoms with Crippen LogP contribution in [-0.4, -0.2) is 13.5 Å². The lowest BCUT2D eigenvalue weighted by atomic mass is 10.2. The van der Waals surface area contributed by atoms with Crippen LogP contribution in [0, 0.1) is 5.82 Å². The van der Waals surface area contributed by atoms with E-state index in [2.05, 4.69) is 4.72 Å². The molecule has 0 fully saturated rings. The number of aliphatic hydroxyl groups excluding tert-OH is 1. The molecule has 0 saturated carbocycles. The number of benzene rings is 2.